The average Bonchev–Trinajstić information content (AvgIpc) is 2.65. The molecular weight excluding hydrogens is 176 g/mol. The maximum Gasteiger partial charge on any atom is 0.0462 e. The molecule has 0 spiro atoms. The number of rotatable bonds is 7. The van der Waals surface area contributed by atoms with Crippen molar-refractivity contribution in [2.45, 2.75) is 31.7 Å². The number of hydrogen-bond acceptors (Lipinski definition) is 3. The minimum absolute atomic E-state index is 0.738. The minimum Gasteiger partial charge on any atom is -0.385 e. The molecule has 1 N–H and O–H groups in total. The van der Waals surface area contributed by atoms with Gasteiger partial charge < -0.3 is 15.0 Å². The molecule has 0 amide bonds. The number of nitrogens with one attached hydrogen (secondary N) is 1. The van der Waals surface area contributed by atoms with Crippen LogP contribution in [0.1, 0.15) is 25.7 Å². The molecule has 0 aromatic rings. The molecule has 0 aromatic heterocycles. The van der Waals surface area contributed by atoms with Gasteiger partial charge in [-0.05, 0) is 45.8 Å². The Bertz CT molecular complexity index is 135. The summed E-state index contributed by atoms with van der Waals surface area (Å²) in [5.41, 5.74) is 0. The van der Waals surface area contributed by atoms with Crippen LogP contribution < -0.4 is 5.32 Å². The fraction of sp³-hybridized carbons (Fsp3) is 1.00. The predicted octanol–water partition coefficient (Wildman–Crippen LogP) is 1.10. The zero-order valence-electron chi connectivity index (χ0n) is 9.59. The van der Waals surface area contributed by atoms with E-state index in [4.69, 9.17) is 4.74 Å². The van der Waals surface area contributed by atoms with Gasteiger partial charge in [-0.2, -0.15) is 0 Å². The number of nitrogens with zero attached hydrogens (tertiary/aromatic N) is 1. The molecule has 0 aliphatic carbocycles. The van der Waals surface area contributed by atoms with E-state index in [2.05, 4.69) is 17.3 Å². The molecule has 14 heavy (non-hydrogen) atoms. The van der Waals surface area contributed by atoms with E-state index in [-0.39, 0.29) is 0 Å². The lowest BCUT2D eigenvalue weighted by Gasteiger charge is -2.20. The van der Waals surface area contributed by atoms with Gasteiger partial charge in [0.15, 0.2) is 0 Å². The van der Waals surface area contributed by atoms with Gasteiger partial charge in [0.25, 0.3) is 0 Å². The summed E-state index contributed by atoms with van der Waals surface area (Å²) in [6.45, 7) is 4.51. The van der Waals surface area contributed by atoms with Crippen LogP contribution in [0.2, 0.25) is 0 Å². The second-order valence-electron chi connectivity index (χ2n) is 4.26. The van der Waals surface area contributed by atoms with Gasteiger partial charge in [-0.3, -0.25) is 0 Å². The van der Waals surface area contributed by atoms with Crippen LogP contribution in [0.4, 0.5) is 0 Å². The molecule has 0 bridgehead atoms. The van der Waals surface area contributed by atoms with Gasteiger partial charge in [0.05, 0.1) is 0 Å². The third-order valence-corrected chi connectivity index (χ3v) is 2.83. The monoisotopic (exact) mass is 200 g/mol. The molecule has 1 heterocycles. The van der Waals surface area contributed by atoms with Gasteiger partial charge in [0.2, 0.25) is 0 Å². The standard InChI is InChI=1S/C11H24N2O/c1-13(8-3-4-9-14-2)10-11-6-5-7-12-11/h11-12H,3-10H2,1-2H3. The topological polar surface area (TPSA) is 24.5 Å². The Kier molecular flexibility index (Phi) is 6.15. The molecule has 1 aliphatic heterocycles. The fourth-order valence-electron chi connectivity index (χ4n) is 2.01. The van der Waals surface area contributed by atoms with Crippen molar-refractivity contribution in [2.75, 3.05) is 40.4 Å². The lowest BCUT2D eigenvalue weighted by Crippen LogP contribution is -2.35. The Morgan fingerprint density at radius 2 is 2.29 bits per heavy atom. The van der Waals surface area contributed by atoms with E-state index < -0.39 is 0 Å². The summed E-state index contributed by atoms with van der Waals surface area (Å²) in [5.74, 6) is 0. The number of likely N-dealkylation sites (N-methyl/N-ethyl adjacent to an activating group) is 1. The van der Waals surface area contributed by atoms with Crippen LogP contribution in [0.15, 0.2) is 0 Å². The van der Waals surface area contributed by atoms with Crippen LogP contribution in [0.5, 0.6) is 0 Å². The van der Waals surface area contributed by atoms with Crippen LogP contribution in [0.25, 0.3) is 0 Å². The fourth-order valence-corrected chi connectivity index (χ4v) is 2.01. The second kappa shape index (κ2) is 7.21. The summed E-state index contributed by atoms with van der Waals surface area (Å²) >= 11 is 0. The van der Waals surface area contributed by atoms with Crippen molar-refractivity contribution in [2.24, 2.45) is 0 Å². The molecule has 0 radical (unpaired) electrons. The molecule has 3 heteroatoms. The van der Waals surface area contributed by atoms with Crippen molar-refractivity contribution in [1.29, 1.82) is 0 Å². The molecule has 1 saturated heterocycles. The van der Waals surface area contributed by atoms with Crippen LogP contribution in [0, 0.1) is 0 Å². The highest BCUT2D eigenvalue weighted by Crippen LogP contribution is 2.06. The molecule has 1 atom stereocenters. The highest BCUT2D eigenvalue weighted by atomic mass is 16.5. The molecule has 3 nitrogen and oxygen atoms in total. The van der Waals surface area contributed by atoms with Crippen molar-refractivity contribution in [3.63, 3.8) is 0 Å². The molecule has 1 unspecified atom stereocenters. The lowest BCUT2D eigenvalue weighted by atomic mass is 10.2. The van der Waals surface area contributed by atoms with Gasteiger partial charge in [-0.25, -0.2) is 0 Å². The Morgan fingerprint density at radius 3 is 2.93 bits per heavy atom. The summed E-state index contributed by atoms with van der Waals surface area (Å²) < 4.78 is 5.03. The van der Waals surface area contributed by atoms with Crippen molar-refractivity contribution in [3.05, 3.63) is 0 Å². The highest BCUT2D eigenvalue weighted by molar-refractivity contribution is 4.76. The van der Waals surface area contributed by atoms with Crippen molar-refractivity contribution in [3.8, 4) is 0 Å². The van der Waals surface area contributed by atoms with E-state index >= 15 is 0 Å². The molecule has 84 valence electrons. The van der Waals surface area contributed by atoms with Crippen molar-refractivity contribution in [1.82, 2.24) is 10.2 Å². The van der Waals surface area contributed by atoms with E-state index in [0.29, 0.717) is 0 Å². The van der Waals surface area contributed by atoms with Crippen LogP contribution >= 0.6 is 0 Å². The van der Waals surface area contributed by atoms with E-state index in [1.54, 1.807) is 7.11 Å². The minimum atomic E-state index is 0.738. The first kappa shape index (κ1) is 12.0. The number of hydrogen-bond donors (Lipinski definition) is 1. The van der Waals surface area contributed by atoms with E-state index in [9.17, 15) is 0 Å². The Labute approximate surface area is 87.8 Å². The predicted molar refractivity (Wildman–Crippen MR) is 59.6 cm³/mol. The zero-order chi connectivity index (χ0) is 10.2. The number of unbranched alkanes of at least 4 members (excludes halogenated alkanes) is 1. The maximum absolute atomic E-state index is 5.03. The largest absolute Gasteiger partial charge is 0.385 e. The summed E-state index contributed by atoms with van der Waals surface area (Å²) in [6, 6.07) is 0.738. The van der Waals surface area contributed by atoms with E-state index in [1.165, 1.54) is 45.3 Å². The SMILES string of the molecule is COCCCCN(C)CC1CCCN1. The Balaban J connectivity index is 1.95. The van der Waals surface area contributed by atoms with Gasteiger partial charge in [-0.15, -0.1) is 0 Å². The van der Waals surface area contributed by atoms with Crippen molar-refractivity contribution < 1.29 is 4.74 Å². The third kappa shape index (κ3) is 4.94. The summed E-state index contributed by atoms with van der Waals surface area (Å²) in [5, 5.41) is 3.52. The molecule has 1 fully saturated rings. The third-order valence-electron chi connectivity index (χ3n) is 2.83. The smallest absolute Gasteiger partial charge is 0.0462 e. The molecular formula is C11H24N2O. The quantitative estimate of drug-likeness (QED) is 0.623. The Morgan fingerprint density at radius 1 is 1.43 bits per heavy atom. The summed E-state index contributed by atoms with van der Waals surface area (Å²) in [7, 11) is 3.99. The lowest BCUT2D eigenvalue weighted by molar-refractivity contribution is 0.186. The Hall–Kier alpha value is -0.120. The van der Waals surface area contributed by atoms with Gasteiger partial charge in [0.1, 0.15) is 0 Å². The van der Waals surface area contributed by atoms with Crippen LogP contribution in [0.3, 0.4) is 0 Å². The highest BCUT2D eigenvalue weighted by Gasteiger charge is 2.15. The molecule has 1 rings (SSSR count). The van der Waals surface area contributed by atoms with Crippen LogP contribution in [-0.2, 0) is 4.74 Å². The first-order valence-electron chi connectivity index (χ1n) is 5.74. The molecule has 0 saturated carbocycles. The summed E-state index contributed by atoms with van der Waals surface area (Å²) in [4.78, 5) is 2.43. The average molecular weight is 200 g/mol. The number of methoxy groups -OCH3 is 1. The van der Waals surface area contributed by atoms with Crippen molar-refractivity contribution >= 4 is 0 Å². The van der Waals surface area contributed by atoms with Gasteiger partial charge in [0, 0.05) is 26.3 Å². The van der Waals surface area contributed by atoms with E-state index in [0.717, 1.165) is 12.6 Å². The van der Waals surface area contributed by atoms with E-state index in [1.807, 2.05) is 0 Å². The molecule has 0 aromatic carbocycles. The van der Waals surface area contributed by atoms with Crippen LogP contribution in [-0.4, -0.2) is 51.3 Å². The summed E-state index contributed by atoms with van der Waals surface area (Å²) in [6.07, 6.45) is 5.13. The number of ether oxygens (including phenoxy) is 1. The zero-order valence-corrected chi connectivity index (χ0v) is 9.59. The first-order valence-corrected chi connectivity index (χ1v) is 5.74. The molecule has 1 aliphatic rings. The first-order chi connectivity index (χ1) is 6.83. The van der Waals surface area contributed by atoms with Gasteiger partial charge in [-0.1, -0.05) is 0 Å². The van der Waals surface area contributed by atoms with Gasteiger partial charge >= 0.3 is 0 Å². The maximum atomic E-state index is 5.03. The second-order valence-corrected chi connectivity index (χ2v) is 4.26. The normalized spacial score (nSPS) is 22.1.